The summed E-state index contributed by atoms with van der Waals surface area (Å²) in [6, 6.07) is 10.6. The minimum Gasteiger partial charge on any atom is -0.359 e. The van der Waals surface area contributed by atoms with E-state index in [0.717, 1.165) is 34.5 Å². The average molecular weight is 323 g/mol. The van der Waals surface area contributed by atoms with E-state index < -0.39 is 0 Å². The van der Waals surface area contributed by atoms with Crippen LogP contribution in [-0.2, 0) is 6.42 Å². The first-order chi connectivity index (χ1) is 9.06. The molecule has 2 aromatic rings. The lowest BCUT2D eigenvalue weighted by atomic mass is 10.1. The first-order valence-corrected chi connectivity index (χ1v) is 6.94. The van der Waals surface area contributed by atoms with Gasteiger partial charge >= 0.3 is 0 Å². The molecule has 1 aromatic heterocycles. The molecule has 1 heterocycles. The van der Waals surface area contributed by atoms with E-state index in [1.165, 1.54) is 12.1 Å². The molecule has 0 saturated carbocycles. The molecule has 0 bridgehead atoms. The second kappa shape index (κ2) is 6.15. The SMILES string of the molecule is Cc1nc(N(C)CCc2ccc(F)cc2)ccc1Br. The molecule has 0 aliphatic rings. The molecular weight excluding hydrogens is 307 g/mol. The summed E-state index contributed by atoms with van der Waals surface area (Å²) in [5, 5.41) is 0. The maximum absolute atomic E-state index is 12.8. The molecule has 2 nitrogen and oxygen atoms in total. The first-order valence-electron chi connectivity index (χ1n) is 6.15. The van der Waals surface area contributed by atoms with Crippen LogP contribution in [0, 0.1) is 12.7 Å². The topological polar surface area (TPSA) is 16.1 Å². The van der Waals surface area contributed by atoms with E-state index in [9.17, 15) is 4.39 Å². The maximum Gasteiger partial charge on any atom is 0.128 e. The van der Waals surface area contributed by atoms with Gasteiger partial charge in [0.2, 0.25) is 0 Å². The number of pyridine rings is 1. The highest BCUT2D eigenvalue weighted by Gasteiger charge is 2.05. The van der Waals surface area contributed by atoms with Gasteiger partial charge in [-0.25, -0.2) is 9.37 Å². The van der Waals surface area contributed by atoms with E-state index in [1.54, 1.807) is 0 Å². The minimum atomic E-state index is -0.192. The Balaban J connectivity index is 1.98. The molecule has 1 aromatic carbocycles. The van der Waals surface area contributed by atoms with Gasteiger partial charge in [-0.2, -0.15) is 0 Å². The van der Waals surface area contributed by atoms with Gasteiger partial charge in [-0.05, 0) is 59.1 Å². The molecule has 0 radical (unpaired) electrons. The molecule has 0 aliphatic carbocycles. The van der Waals surface area contributed by atoms with Gasteiger partial charge in [0.25, 0.3) is 0 Å². The number of aryl methyl sites for hydroxylation is 1. The molecule has 0 unspecified atom stereocenters. The van der Waals surface area contributed by atoms with Crippen LogP contribution in [0.1, 0.15) is 11.3 Å². The molecule has 0 aliphatic heterocycles. The molecule has 0 fully saturated rings. The van der Waals surface area contributed by atoms with Crippen molar-refractivity contribution >= 4 is 21.7 Å². The lowest BCUT2D eigenvalue weighted by Crippen LogP contribution is -2.21. The third kappa shape index (κ3) is 3.77. The highest BCUT2D eigenvalue weighted by molar-refractivity contribution is 9.10. The van der Waals surface area contributed by atoms with Crippen molar-refractivity contribution in [1.29, 1.82) is 0 Å². The number of hydrogen-bond acceptors (Lipinski definition) is 2. The summed E-state index contributed by atoms with van der Waals surface area (Å²) in [6.07, 6.45) is 0.869. The van der Waals surface area contributed by atoms with Gasteiger partial charge in [0.05, 0.1) is 5.69 Å². The number of nitrogens with zero attached hydrogens (tertiary/aromatic N) is 2. The summed E-state index contributed by atoms with van der Waals surface area (Å²) in [5.74, 6) is 0.755. The second-order valence-corrected chi connectivity index (χ2v) is 5.39. The fraction of sp³-hybridized carbons (Fsp3) is 0.267. The van der Waals surface area contributed by atoms with E-state index in [-0.39, 0.29) is 5.82 Å². The molecule has 0 amide bonds. The maximum atomic E-state index is 12.8. The van der Waals surface area contributed by atoms with Crippen molar-refractivity contribution in [3.63, 3.8) is 0 Å². The molecule has 2 rings (SSSR count). The number of anilines is 1. The molecule has 0 spiro atoms. The van der Waals surface area contributed by atoms with Crippen molar-refractivity contribution in [1.82, 2.24) is 4.98 Å². The fourth-order valence-electron chi connectivity index (χ4n) is 1.81. The van der Waals surface area contributed by atoms with Gasteiger partial charge in [0.15, 0.2) is 0 Å². The Morgan fingerprint density at radius 2 is 1.84 bits per heavy atom. The highest BCUT2D eigenvalue weighted by atomic mass is 79.9. The Hall–Kier alpha value is -1.42. The van der Waals surface area contributed by atoms with Crippen molar-refractivity contribution in [3.8, 4) is 0 Å². The van der Waals surface area contributed by atoms with Crippen molar-refractivity contribution in [3.05, 3.63) is 57.9 Å². The Morgan fingerprint density at radius 1 is 1.16 bits per heavy atom. The third-order valence-corrected chi connectivity index (χ3v) is 3.89. The Labute approximate surface area is 121 Å². The van der Waals surface area contributed by atoms with E-state index in [0.29, 0.717) is 0 Å². The van der Waals surface area contributed by atoms with Crippen molar-refractivity contribution in [2.45, 2.75) is 13.3 Å². The van der Waals surface area contributed by atoms with Crippen LogP contribution < -0.4 is 4.90 Å². The van der Waals surface area contributed by atoms with Crippen LogP contribution in [0.5, 0.6) is 0 Å². The van der Waals surface area contributed by atoms with E-state index in [4.69, 9.17) is 0 Å². The summed E-state index contributed by atoms with van der Waals surface area (Å²) in [6.45, 7) is 2.82. The van der Waals surface area contributed by atoms with Crippen molar-refractivity contribution in [2.75, 3.05) is 18.5 Å². The van der Waals surface area contributed by atoms with Crippen LogP contribution in [0.15, 0.2) is 40.9 Å². The largest absolute Gasteiger partial charge is 0.359 e. The van der Waals surface area contributed by atoms with Crippen LogP contribution in [-0.4, -0.2) is 18.6 Å². The average Bonchev–Trinajstić information content (AvgIpc) is 2.41. The first kappa shape index (κ1) is 14.0. The summed E-state index contributed by atoms with van der Waals surface area (Å²) in [5.41, 5.74) is 2.10. The van der Waals surface area contributed by atoms with Gasteiger partial charge < -0.3 is 4.90 Å². The molecular formula is C15H16BrFN2. The van der Waals surface area contributed by atoms with Crippen molar-refractivity contribution in [2.24, 2.45) is 0 Å². The Morgan fingerprint density at radius 3 is 2.47 bits per heavy atom. The van der Waals surface area contributed by atoms with Crippen LogP contribution in [0.25, 0.3) is 0 Å². The summed E-state index contributed by atoms with van der Waals surface area (Å²) in [4.78, 5) is 6.62. The second-order valence-electron chi connectivity index (χ2n) is 4.53. The van der Waals surface area contributed by atoms with Crippen molar-refractivity contribution < 1.29 is 4.39 Å². The molecule has 0 N–H and O–H groups in total. The van der Waals surface area contributed by atoms with Gasteiger partial charge in [-0.3, -0.25) is 0 Å². The molecule has 100 valence electrons. The van der Waals surface area contributed by atoms with Gasteiger partial charge in [0.1, 0.15) is 11.6 Å². The van der Waals surface area contributed by atoms with E-state index in [1.807, 2.05) is 38.2 Å². The summed E-state index contributed by atoms with van der Waals surface area (Å²) >= 11 is 3.44. The summed E-state index contributed by atoms with van der Waals surface area (Å²) < 4.78 is 13.8. The lowest BCUT2D eigenvalue weighted by molar-refractivity contribution is 0.627. The molecule has 0 atom stereocenters. The van der Waals surface area contributed by atoms with Crippen LogP contribution in [0.2, 0.25) is 0 Å². The smallest absolute Gasteiger partial charge is 0.128 e. The number of aromatic nitrogens is 1. The lowest BCUT2D eigenvalue weighted by Gasteiger charge is -2.18. The molecule has 4 heteroatoms. The zero-order chi connectivity index (χ0) is 13.8. The predicted octanol–water partition coefficient (Wildman–Crippen LogP) is 3.97. The third-order valence-electron chi connectivity index (χ3n) is 3.05. The van der Waals surface area contributed by atoms with Crippen LogP contribution in [0.4, 0.5) is 10.2 Å². The number of hydrogen-bond donors (Lipinski definition) is 0. The number of likely N-dealkylation sites (N-methyl/N-ethyl adjacent to an activating group) is 1. The minimum absolute atomic E-state index is 0.192. The zero-order valence-electron chi connectivity index (χ0n) is 11.0. The quantitative estimate of drug-likeness (QED) is 0.846. The highest BCUT2D eigenvalue weighted by Crippen LogP contribution is 2.18. The Bertz CT molecular complexity index is 555. The molecule has 0 saturated heterocycles. The number of benzene rings is 1. The van der Waals surface area contributed by atoms with Gasteiger partial charge in [-0.1, -0.05) is 12.1 Å². The predicted molar refractivity (Wildman–Crippen MR) is 80.0 cm³/mol. The van der Waals surface area contributed by atoms with Gasteiger partial charge in [0, 0.05) is 18.1 Å². The molecule has 19 heavy (non-hydrogen) atoms. The monoisotopic (exact) mass is 322 g/mol. The summed E-state index contributed by atoms with van der Waals surface area (Å²) in [7, 11) is 2.01. The number of rotatable bonds is 4. The van der Waals surface area contributed by atoms with Crippen LogP contribution >= 0.6 is 15.9 Å². The standard InChI is InChI=1S/C15H16BrFN2/c1-11-14(16)7-8-15(18-11)19(2)10-9-12-3-5-13(17)6-4-12/h3-8H,9-10H2,1-2H3. The van der Waals surface area contributed by atoms with E-state index >= 15 is 0 Å². The van der Waals surface area contributed by atoms with Gasteiger partial charge in [-0.15, -0.1) is 0 Å². The van der Waals surface area contributed by atoms with Crippen LogP contribution in [0.3, 0.4) is 0 Å². The zero-order valence-corrected chi connectivity index (χ0v) is 12.6. The van der Waals surface area contributed by atoms with E-state index in [2.05, 4.69) is 25.8 Å². The normalized spacial score (nSPS) is 10.5. The Kier molecular flexibility index (Phi) is 4.53. The fourth-order valence-corrected chi connectivity index (χ4v) is 2.03. The number of halogens is 2.